The molecule has 0 aliphatic heterocycles. The third-order valence-electron chi connectivity index (χ3n) is 4.13. The van der Waals surface area contributed by atoms with Crippen LogP contribution in [0, 0.1) is 13.8 Å². The Balaban J connectivity index is 1.53. The zero-order chi connectivity index (χ0) is 20.8. The lowest BCUT2D eigenvalue weighted by Gasteiger charge is -2.10. The summed E-state index contributed by atoms with van der Waals surface area (Å²) in [5.74, 6) is 0.177. The van der Waals surface area contributed by atoms with Crippen molar-refractivity contribution in [3.8, 4) is 11.5 Å². The van der Waals surface area contributed by atoms with Crippen LogP contribution >= 0.6 is 11.6 Å². The molecule has 3 aromatic rings. The highest BCUT2D eigenvalue weighted by Crippen LogP contribution is 2.19. The van der Waals surface area contributed by atoms with E-state index in [9.17, 15) is 9.59 Å². The first-order valence-electron chi connectivity index (χ1n) is 8.98. The average molecular weight is 410 g/mol. The van der Waals surface area contributed by atoms with Gasteiger partial charge in [-0.05, 0) is 74.0 Å². The molecule has 0 aliphatic carbocycles. The van der Waals surface area contributed by atoms with Gasteiger partial charge in [0.15, 0.2) is 6.61 Å². The van der Waals surface area contributed by atoms with Crippen LogP contribution in [0.15, 0.2) is 66.7 Å². The van der Waals surface area contributed by atoms with Crippen molar-refractivity contribution in [1.29, 1.82) is 0 Å². The molecule has 0 aliphatic rings. The highest BCUT2D eigenvalue weighted by molar-refractivity contribution is 6.30. The molecule has 148 valence electrons. The SMILES string of the molecule is Cc1ccc(OCC(=O)Oc2ccc(C(=O)Nc3ccc(Cl)cc3)cc2)c(C)c1. The number of hydrogen-bond acceptors (Lipinski definition) is 4. The molecule has 0 bridgehead atoms. The maximum atomic E-state index is 12.3. The van der Waals surface area contributed by atoms with Crippen molar-refractivity contribution in [2.75, 3.05) is 11.9 Å². The lowest BCUT2D eigenvalue weighted by atomic mass is 10.1. The zero-order valence-corrected chi connectivity index (χ0v) is 16.8. The molecule has 3 aromatic carbocycles. The predicted molar refractivity (Wildman–Crippen MR) is 113 cm³/mol. The number of carbonyl (C=O) groups excluding carboxylic acids is 2. The number of esters is 1. The topological polar surface area (TPSA) is 64.6 Å². The van der Waals surface area contributed by atoms with E-state index >= 15 is 0 Å². The van der Waals surface area contributed by atoms with E-state index in [2.05, 4.69) is 5.32 Å². The van der Waals surface area contributed by atoms with Crippen molar-refractivity contribution < 1.29 is 19.1 Å². The second-order valence-corrected chi connectivity index (χ2v) is 6.95. The smallest absolute Gasteiger partial charge is 0.349 e. The Hall–Kier alpha value is -3.31. The van der Waals surface area contributed by atoms with Crippen LogP contribution in [-0.4, -0.2) is 18.5 Å². The third-order valence-corrected chi connectivity index (χ3v) is 4.38. The summed E-state index contributed by atoms with van der Waals surface area (Å²) >= 11 is 5.83. The van der Waals surface area contributed by atoms with Gasteiger partial charge in [0, 0.05) is 16.3 Å². The fourth-order valence-electron chi connectivity index (χ4n) is 2.67. The molecule has 0 saturated heterocycles. The number of ether oxygens (including phenoxy) is 2. The zero-order valence-electron chi connectivity index (χ0n) is 16.1. The second kappa shape index (κ2) is 9.26. The van der Waals surface area contributed by atoms with Crippen molar-refractivity contribution in [3.63, 3.8) is 0 Å². The van der Waals surface area contributed by atoms with Gasteiger partial charge in [-0.1, -0.05) is 29.3 Å². The standard InChI is InChI=1S/C23H20ClNO4/c1-15-3-12-21(16(2)13-15)28-14-22(26)29-20-10-4-17(5-11-20)23(27)25-19-8-6-18(24)7-9-19/h3-13H,14H2,1-2H3,(H,25,27). The van der Waals surface area contributed by atoms with Crippen molar-refractivity contribution in [2.45, 2.75) is 13.8 Å². The predicted octanol–water partition coefficient (Wildman–Crippen LogP) is 5.19. The Kier molecular flexibility index (Phi) is 6.52. The van der Waals surface area contributed by atoms with Crippen molar-refractivity contribution in [3.05, 3.63) is 88.4 Å². The van der Waals surface area contributed by atoms with Gasteiger partial charge in [0.1, 0.15) is 11.5 Å². The number of nitrogens with one attached hydrogen (secondary N) is 1. The van der Waals surface area contributed by atoms with Gasteiger partial charge in [0.2, 0.25) is 0 Å². The van der Waals surface area contributed by atoms with Crippen LogP contribution in [0.5, 0.6) is 11.5 Å². The van der Waals surface area contributed by atoms with Gasteiger partial charge < -0.3 is 14.8 Å². The van der Waals surface area contributed by atoms with E-state index < -0.39 is 5.97 Å². The third kappa shape index (κ3) is 5.83. The van der Waals surface area contributed by atoms with Gasteiger partial charge >= 0.3 is 5.97 Å². The maximum absolute atomic E-state index is 12.3. The first kappa shape index (κ1) is 20.4. The largest absolute Gasteiger partial charge is 0.482 e. The van der Waals surface area contributed by atoms with Crippen LogP contribution in [0.2, 0.25) is 5.02 Å². The summed E-state index contributed by atoms with van der Waals surface area (Å²) in [5, 5.41) is 3.36. The van der Waals surface area contributed by atoms with Crippen molar-refractivity contribution >= 4 is 29.2 Å². The number of benzene rings is 3. The number of amides is 1. The Morgan fingerprint density at radius 2 is 1.62 bits per heavy atom. The van der Waals surface area contributed by atoms with Gasteiger partial charge in [0.05, 0.1) is 0 Å². The molecular formula is C23H20ClNO4. The van der Waals surface area contributed by atoms with Crippen LogP contribution in [0.1, 0.15) is 21.5 Å². The van der Waals surface area contributed by atoms with Crippen LogP contribution < -0.4 is 14.8 Å². The van der Waals surface area contributed by atoms with E-state index in [1.54, 1.807) is 48.5 Å². The van der Waals surface area contributed by atoms with E-state index in [0.29, 0.717) is 27.8 Å². The monoisotopic (exact) mass is 409 g/mol. The molecule has 0 fully saturated rings. The molecule has 0 atom stereocenters. The van der Waals surface area contributed by atoms with Crippen LogP contribution in [-0.2, 0) is 4.79 Å². The van der Waals surface area contributed by atoms with E-state index in [-0.39, 0.29) is 12.5 Å². The Labute approximate surface area is 174 Å². The number of hydrogen-bond donors (Lipinski definition) is 1. The van der Waals surface area contributed by atoms with Gasteiger partial charge in [-0.25, -0.2) is 4.79 Å². The molecular weight excluding hydrogens is 390 g/mol. The number of rotatable bonds is 6. The Morgan fingerprint density at radius 1 is 0.931 bits per heavy atom. The fourth-order valence-corrected chi connectivity index (χ4v) is 2.80. The van der Waals surface area contributed by atoms with Crippen molar-refractivity contribution in [1.82, 2.24) is 0 Å². The summed E-state index contributed by atoms with van der Waals surface area (Å²) in [5.41, 5.74) is 3.15. The number of aryl methyl sites for hydroxylation is 2. The maximum Gasteiger partial charge on any atom is 0.349 e. The molecule has 6 heteroatoms. The molecule has 0 heterocycles. The minimum absolute atomic E-state index is 0.206. The summed E-state index contributed by atoms with van der Waals surface area (Å²) in [7, 11) is 0. The minimum Gasteiger partial charge on any atom is -0.482 e. The normalized spacial score (nSPS) is 10.3. The molecule has 1 amide bonds. The van der Waals surface area contributed by atoms with E-state index in [0.717, 1.165) is 11.1 Å². The lowest BCUT2D eigenvalue weighted by molar-refractivity contribution is -0.136. The van der Waals surface area contributed by atoms with Crippen LogP contribution in [0.4, 0.5) is 5.69 Å². The summed E-state index contributed by atoms with van der Waals surface area (Å²) in [6.45, 7) is 3.70. The molecule has 0 radical (unpaired) electrons. The highest BCUT2D eigenvalue weighted by Gasteiger charge is 2.10. The average Bonchev–Trinajstić information content (AvgIpc) is 2.69. The summed E-state index contributed by atoms with van der Waals surface area (Å²) in [6, 6.07) is 18.8. The molecule has 0 saturated carbocycles. The van der Waals surface area contributed by atoms with Gasteiger partial charge in [-0.2, -0.15) is 0 Å². The first-order chi connectivity index (χ1) is 13.9. The Bertz CT molecular complexity index is 1010. The summed E-state index contributed by atoms with van der Waals surface area (Å²) < 4.78 is 10.8. The summed E-state index contributed by atoms with van der Waals surface area (Å²) in [4.78, 5) is 24.3. The summed E-state index contributed by atoms with van der Waals surface area (Å²) in [6.07, 6.45) is 0. The molecule has 0 aromatic heterocycles. The van der Waals surface area contributed by atoms with Crippen LogP contribution in [0.25, 0.3) is 0 Å². The molecule has 5 nitrogen and oxygen atoms in total. The minimum atomic E-state index is -0.525. The van der Waals surface area contributed by atoms with E-state index in [1.807, 2.05) is 32.0 Å². The van der Waals surface area contributed by atoms with Gasteiger partial charge in [-0.3, -0.25) is 4.79 Å². The van der Waals surface area contributed by atoms with Crippen LogP contribution in [0.3, 0.4) is 0 Å². The molecule has 1 N–H and O–H groups in total. The van der Waals surface area contributed by atoms with Gasteiger partial charge in [-0.15, -0.1) is 0 Å². The quantitative estimate of drug-likeness (QED) is 0.449. The molecule has 3 rings (SSSR count). The number of halogens is 1. The number of anilines is 1. The van der Waals surface area contributed by atoms with E-state index in [1.165, 1.54) is 0 Å². The number of carbonyl (C=O) groups is 2. The first-order valence-corrected chi connectivity index (χ1v) is 9.36. The second-order valence-electron chi connectivity index (χ2n) is 6.52. The van der Waals surface area contributed by atoms with Crippen molar-refractivity contribution in [2.24, 2.45) is 0 Å². The molecule has 0 unspecified atom stereocenters. The van der Waals surface area contributed by atoms with Gasteiger partial charge in [0.25, 0.3) is 5.91 Å². The highest BCUT2D eigenvalue weighted by atomic mass is 35.5. The molecule has 29 heavy (non-hydrogen) atoms. The van der Waals surface area contributed by atoms with E-state index in [4.69, 9.17) is 21.1 Å². The molecule has 0 spiro atoms. The fraction of sp³-hybridized carbons (Fsp3) is 0.130. The lowest BCUT2D eigenvalue weighted by Crippen LogP contribution is -2.18. The Morgan fingerprint density at radius 3 is 2.28 bits per heavy atom.